The number of carbonyl (C=O) groups excluding carboxylic acids is 1. The fourth-order valence-corrected chi connectivity index (χ4v) is 4.79. The van der Waals surface area contributed by atoms with E-state index >= 15 is 0 Å². The van der Waals surface area contributed by atoms with E-state index in [1.54, 1.807) is 0 Å². The molecule has 1 saturated carbocycles. The molecule has 2 aromatic carbocycles. The van der Waals surface area contributed by atoms with Crippen LogP contribution in [0.2, 0.25) is 0 Å². The molecular formula is C24H25NO5. The van der Waals surface area contributed by atoms with Crippen LogP contribution >= 0.6 is 0 Å². The average Bonchev–Trinajstić information content (AvgIpc) is 3.29. The highest BCUT2D eigenvalue weighted by molar-refractivity contribution is 5.81. The van der Waals surface area contributed by atoms with Crippen molar-refractivity contribution in [3.8, 4) is 11.1 Å². The first kappa shape index (κ1) is 19.1. The smallest absolute Gasteiger partial charge is 0.410 e. The van der Waals surface area contributed by atoms with E-state index in [1.807, 2.05) is 24.3 Å². The summed E-state index contributed by atoms with van der Waals surface area (Å²) in [4.78, 5) is 25.9. The van der Waals surface area contributed by atoms with Gasteiger partial charge in [0.05, 0.1) is 18.8 Å². The van der Waals surface area contributed by atoms with Crippen LogP contribution in [0.15, 0.2) is 48.5 Å². The van der Waals surface area contributed by atoms with Crippen LogP contribution in [0.25, 0.3) is 11.1 Å². The van der Waals surface area contributed by atoms with E-state index in [9.17, 15) is 14.7 Å². The van der Waals surface area contributed by atoms with Crippen LogP contribution in [0.3, 0.4) is 0 Å². The molecule has 0 radical (unpaired) electrons. The number of hydrogen-bond donors (Lipinski definition) is 1. The minimum absolute atomic E-state index is 0.0470. The van der Waals surface area contributed by atoms with Crippen LogP contribution < -0.4 is 0 Å². The second-order valence-electron chi connectivity index (χ2n) is 8.36. The van der Waals surface area contributed by atoms with Gasteiger partial charge < -0.3 is 14.6 Å². The summed E-state index contributed by atoms with van der Waals surface area (Å²) in [6.45, 7) is 0.452. The van der Waals surface area contributed by atoms with Crippen molar-refractivity contribution >= 4 is 12.1 Å². The quantitative estimate of drug-likeness (QED) is 0.810. The molecule has 156 valence electrons. The lowest BCUT2D eigenvalue weighted by Gasteiger charge is -2.28. The molecule has 6 heteroatoms. The molecule has 0 unspecified atom stereocenters. The van der Waals surface area contributed by atoms with Gasteiger partial charge >= 0.3 is 12.1 Å². The molecule has 0 bridgehead atoms. The van der Waals surface area contributed by atoms with Gasteiger partial charge in [-0.25, -0.2) is 9.59 Å². The van der Waals surface area contributed by atoms with Gasteiger partial charge in [-0.05, 0) is 41.5 Å². The van der Waals surface area contributed by atoms with Crippen LogP contribution in [-0.4, -0.2) is 53.5 Å². The van der Waals surface area contributed by atoms with E-state index in [2.05, 4.69) is 24.3 Å². The summed E-state index contributed by atoms with van der Waals surface area (Å²) in [7, 11) is 0. The summed E-state index contributed by atoms with van der Waals surface area (Å²) in [5.41, 5.74) is 4.59. The number of carboxylic acids is 1. The van der Waals surface area contributed by atoms with Gasteiger partial charge in [-0.15, -0.1) is 0 Å². The molecule has 1 heterocycles. The Balaban J connectivity index is 1.29. The Morgan fingerprint density at radius 3 is 2.17 bits per heavy atom. The second kappa shape index (κ2) is 7.76. The topological polar surface area (TPSA) is 76.1 Å². The van der Waals surface area contributed by atoms with Crippen LogP contribution in [0, 0.1) is 0 Å². The summed E-state index contributed by atoms with van der Waals surface area (Å²) in [5.74, 6) is -1.06. The third-order valence-electron chi connectivity index (χ3n) is 6.56. The first-order valence-electron chi connectivity index (χ1n) is 10.6. The number of amides is 1. The maximum Gasteiger partial charge on any atom is 0.410 e. The molecule has 5 rings (SSSR count). The molecule has 1 amide bonds. The van der Waals surface area contributed by atoms with Crippen molar-refractivity contribution in [1.82, 2.24) is 4.90 Å². The minimum Gasteiger partial charge on any atom is -0.480 e. The van der Waals surface area contributed by atoms with Gasteiger partial charge in [-0.3, -0.25) is 4.90 Å². The van der Waals surface area contributed by atoms with Crippen molar-refractivity contribution in [3.63, 3.8) is 0 Å². The Bertz CT molecular complexity index is 924. The lowest BCUT2D eigenvalue weighted by molar-refractivity contribution is -0.141. The molecule has 2 fully saturated rings. The highest BCUT2D eigenvalue weighted by Gasteiger charge is 2.42. The number of likely N-dealkylation sites (tertiary alicyclic amines) is 1. The Kier molecular flexibility index (Phi) is 4.95. The molecule has 0 aromatic heterocycles. The normalized spacial score (nSPS) is 23.0. The first-order chi connectivity index (χ1) is 14.6. The van der Waals surface area contributed by atoms with Gasteiger partial charge in [-0.2, -0.15) is 0 Å². The number of carbonyl (C=O) groups is 2. The Hall–Kier alpha value is -2.86. The molecule has 2 aliphatic carbocycles. The molecule has 1 N–H and O–H groups in total. The number of nitrogens with zero attached hydrogens (tertiary/aromatic N) is 1. The van der Waals surface area contributed by atoms with Gasteiger partial charge in [0.1, 0.15) is 12.6 Å². The lowest BCUT2D eigenvalue weighted by Crippen LogP contribution is -2.41. The van der Waals surface area contributed by atoms with E-state index in [-0.39, 0.29) is 31.3 Å². The Morgan fingerprint density at radius 1 is 0.967 bits per heavy atom. The van der Waals surface area contributed by atoms with Gasteiger partial charge in [-0.1, -0.05) is 48.5 Å². The van der Waals surface area contributed by atoms with Gasteiger partial charge in [0.15, 0.2) is 0 Å². The summed E-state index contributed by atoms with van der Waals surface area (Å²) in [6, 6.07) is 15.4. The van der Waals surface area contributed by atoms with Crippen molar-refractivity contribution in [2.24, 2.45) is 0 Å². The van der Waals surface area contributed by atoms with Crippen molar-refractivity contribution in [3.05, 3.63) is 59.7 Å². The number of benzene rings is 2. The maximum absolute atomic E-state index is 12.8. The highest BCUT2D eigenvalue weighted by Crippen LogP contribution is 2.44. The molecule has 3 aliphatic rings. The highest BCUT2D eigenvalue weighted by atomic mass is 16.6. The van der Waals surface area contributed by atoms with Crippen LogP contribution in [0.5, 0.6) is 0 Å². The minimum atomic E-state index is -1.01. The second-order valence-corrected chi connectivity index (χ2v) is 8.36. The zero-order valence-electron chi connectivity index (χ0n) is 16.7. The van der Waals surface area contributed by atoms with Crippen molar-refractivity contribution < 1.29 is 24.2 Å². The fraction of sp³-hybridized carbons (Fsp3) is 0.417. The molecule has 6 nitrogen and oxygen atoms in total. The fourth-order valence-electron chi connectivity index (χ4n) is 4.79. The van der Waals surface area contributed by atoms with Crippen LogP contribution in [-0.2, 0) is 14.3 Å². The Morgan fingerprint density at radius 2 is 1.60 bits per heavy atom. The summed E-state index contributed by atoms with van der Waals surface area (Å²) in [6.07, 6.45) is 2.87. The van der Waals surface area contributed by atoms with Gasteiger partial charge in [0, 0.05) is 12.3 Å². The molecule has 0 spiro atoms. The first-order valence-corrected chi connectivity index (χ1v) is 10.6. The van der Waals surface area contributed by atoms with Gasteiger partial charge in [0.25, 0.3) is 0 Å². The number of ether oxygens (including phenoxy) is 2. The van der Waals surface area contributed by atoms with Crippen molar-refractivity contribution in [2.45, 2.75) is 49.9 Å². The zero-order valence-corrected chi connectivity index (χ0v) is 16.7. The third kappa shape index (κ3) is 3.35. The maximum atomic E-state index is 12.8. The number of hydrogen-bond acceptors (Lipinski definition) is 4. The summed E-state index contributed by atoms with van der Waals surface area (Å²) >= 11 is 0. The van der Waals surface area contributed by atoms with Crippen molar-refractivity contribution in [2.75, 3.05) is 13.2 Å². The van der Waals surface area contributed by atoms with E-state index in [0.29, 0.717) is 6.42 Å². The molecule has 1 saturated heterocycles. The SMILES string of the molecule is O=C(O)[C@@H]1C[C@@H](OC2CCC2)CN1C(=O)OCC1c2ccccc2-c2ccccc21. The zero-order chi connectivity index (χ0) is 20.7. The van der Waals surface area contributed by atoms with Crippen LogP contribution in [0.1, 0.15) is 42.7 Å². The predicted molar refractivity (Wildman–Crippen MR) is 110 cm³/mol. The van der Waals surface area contributed by atoms with E-state index < -0.39 is 18.1 Å². The number of aliphatic carboxylic acids is 1. The largest absolute Gasteiger partial charge is 0.480 e. The molecule has 1 aliphatic heterocycles. The van der Waals surface area contributed by atoms with Gasteiger partial charge in [0.2, 0.25) is 0 Å². The van der Waals surface area contributed by atoms with E-state index in [0.717, 1.165) is 41.5 Å². The monoisotopic (exact) mass is 407 g/mol. The molecular weight excluding hydrogens is 382 g/mol. The molecule has 2 aromatic rings. The lowest BCUT2D eigenvalue weighted by atomic mass is 9.96. The van der Waals surface area contributed by atoms with Crippen LogP contribution in [0.4, 0.5) is 4.79 Å². The summed E-state index contributed by atoms with van der Waals surface area (Å²) in [5, 5.41) is 9.59. The molecule has 30 heavy (non-hydrogen) atoms. The number of rotatable bonds is 5. The number of carboxylic acid groups (broad SMARTS) is 1. The Labute approximate surface area is 175 Å². The summed E-state index contributed by atoms with van der Waals surface area (Å²) < 4.78 is 11.6. The number of fused-ring (bicyclic) bond motifs is 3. The molecule has 2 atom stereocenters. The van der Waals surface area contributed by atoms with Crippen molar-refractivity contribution in [1.29, 1.82) is 0 Å². The third-order valence-corrected chi connectivity index (χ3v) is 6.56. The van der Waals surface area contributed by atoms with E-state index in [1.165, 1.54) is 4.90 Å². The van der Waals surface area contributed by atoms with E-state index in [4.69, 9.17) is 9.47 Å². The standard InChI is InChI=1S/C24H25NO5/c26-23(27)22-12-16(30-15-6-5-7-15)13-25(22)24(28)29-14-21-19-10-3-1-8-17(19)18-9-2-4-11-20(18)21/h1-4,8-11,15-16,21-22H,5-7,12-14H2,(H,26,27)/t16-,22+/m1/s1. The predicted octanol–water partition coefficient (Wildman–Crippen LogP) is 4.03. The average molecular weight is 407 g/mol.